The molecule has 0 spiro atoms. The predicted molar refractivity (Wildman–Crippen MR) is 105 cm³/mol. The van der Waals surface area contributed by atoms with Gasteiger partial charge < -0.3 is 0 Å². The molecule has 1 heteroatoms. The lowest BCUT2D eigenvalue weighted by molar-refractivity contribution is 1.33. The zero-order valence-electron chi connectivity index (χ0n) is 13.2. The summed E-state index contributed by atoms with van der Waals surface area (Å²) in [4.78, 5) is 1.38. The van der Waals surface area contributed by atoms with E-state index in [2.05, 4.69) is 84.3 Å². The van der Waals surface area contributed by atoms with E-state index in [-0.39, 0.29) is 0 Å². The Hall–Kier alpha value is -2.64. The van der Waals surface area contributed by atoms with Crippen LogP contribution in [-0.4, -0.2) is 0 Å². The zero-order valence-corrected chi connectivity index (χ0v) is 14.0. The third-order valence-corrected chi connectivity index (χ3v) is 5.76. The fourth-order valence-corrected chi connectivity index (χ4v) is 4.43. The van der Waals surface area contributed by atoms with Crippen LogP contribution in [0.1, 0.15) is 16.0 Å². The Morgan fingerprint density at radius 1 is 0.708 bits per heavy atom. The van der Waals surface area contributed by atoms with Crippen LogP contribution in [-0.2, 0) is 6.42 Å². The van der Waals surface area contributed by atoms with Gasteiger partial charge in [0.05, 0.1) is 0 Å². The van der Waals surface area contributed by atoms with Gasteiger partial charge in [0.15, 0.2) is 0 Å². The predicted octanol–water partition coefficient (Wildman–Crippen LogP) is 6.67. The van der Waals surface area contributed by atoms with Crippen molar-refractivity contribution in [2.75, 3.05) is 0 Å². The largest absolute Gasteiger partial charge is 0.144 e. The molecule has 0 N–H and O–H groups in total. The first-order chi connectivity index (χ1) is 11.9. The van der Waals surface area contributed by atoms with Crippen LogP contribution in [0, 0.1) is 0 Å². The minimum absolute atomic E-state index is 1.04. The second-order valence-electron chi connectivity index (χ2n) is 6.23. The molecule has 0 amide bonds. The Morgan fingerprint density at radius 3 is 2.46 bits per heavy atom. The molecule has 0 fully saturated rings. The van der Waals surface area contributed by atoms with E-state index in [1.165, 1.54) is 43.5 Å². The van der Waals surface area contributed by atoms with Gasteiger partial charge in [-0.15, -0.1) is 11.3 Å². The number of benzene rings is 3. The fourth-order valence-electron chi connectivity index (χ4n) is 3.68. The van der Waals surface area contributed by atoms with Crippen LogP contribution in [0.15, 0.2) is 78.2 Å². The van der Waals surface area contributed by atoms with Gasteiger partial charge in [0, 0.05) is 4.88 Å². The minimum atomic E-state index is 1.04. The summed E-state index contributed by atoms with van der Waals surface area (Å²) in [6.07, 6.45) is 3.42. The van der Waals surface area contributed by atoms with Crippen molar-refractivity contribution in [2.24, 2.45) is 0 Å². The van der Waals surface area contributed by atoms with Crippen molar-refractivity contribution in [2.45, 2.75) is 6.42 Å². The Labute approximate surface area is 145 Å². The van der Waals surface area contributed by atoms with E-state index < -0.39 is 0 Å². The molecule has 114 valence electrons. The van der Waals surface area contributed by atoms with Crippen molar-refractivity contribution in [3.63, 3.8) is 0 Å². The lowest BCUT2D eigenvalue weighted by atomic mass is 9.93. The van der Waals surface area contributed by atoms with E-state index in [1.807, 2.05) is 11.3 Å². The number of hydrogen-bond donors (Lipinski definition) is 0. The number of thiophene rings is 1. The molecule has 0 bridgehead atoms. The van der Waals surface area contributed by atoms with E-state index >= 15 is 0 Å². The third-order valence-electron chi connectivity index (χ3n) is 4.81. The molecule has 0 saturated heterocycles. The van der Waals surface area contributed by atoms with Crippen LogP contribution in [0.2, 0.25) is 0 Å². The Bertz CT molecular complexity index is 1060. The molecule has 1 heterocycles. The van der Waals surface area contributed by atoms with Gasteiger partial charge in [-0.2, -0.15) is 0 Å². The summed E-state index contributed by atoms with van der Waals surface area (Å²) in [6.45, 7) is 0. The van der Waals surface area contributed by atoms with Gasteiger partial charge in [0.25, 0.3) is 0 Å². The van der Waals surface area contributed by atoms with Gasteiger partial charge in [0.1, 0.15) is 0 Å². The summed E-state index contributed by atoms with van der Waals surface area (Å²) in [5.41, 5.74) is 6.93. The summed E-state index contributed by atoms with van der Waals surface area (Å²) in [6, 6.07) is 26.3. The van der Waals surface area contributed by atoms with Gasteiger partial charge in [-0.25, -0.2) is 0 Å². The molecule has 5 rings (SSSR count). The van der Waals surface area contributed by atoms with Crippen LogP contribution < -0.4 is 0 Å². The quantitative estimate of drug-likeness (QED) is 0.386. The molecule has 1 aliphatic rings. The summed E-state index contributed by atoms with van der Waals surface area (Å²) in [5.74, 6) is 0. The number of fused-ring (bicyclic) bond motifs is 2. The van der Waals surface area contributed by atoms with Crippen LogP contribution in [0.5, 0.6) is 0 Å². The molecule has 0 radical (unpaired) electrons. The average molecular weight is 324 g/mol. The second kappa shape index (κ2) is 5.47. The second-order valence-corrected chi connectivity index (χ2v) is 7.18. The molecular weight excluding hydrogens is 308 g/mol. The number of hydrogen-bond acceptors (Lipinski definition) is 1. The van der Waals surface area contributed by atoms with E-state index in [0.717, 1.165) is 6.42 Å². The molecule has 0 nitrogen and oxygen atoms in total. The number of allylic oxidation sites excluding steroid dienone is 1. The Morgan fingerprint density at radius 2 is 1.54 bits per heavy atom. The fraction of sp³-hybridized carbons (Fsp3) is 0.0435. The smallest absolute Gasteiger partial charge is 0.0305 e. The maximum absolute atomic E-state index is 2.39. The maximum Gasteiger partial charge on any atom is 0.0305 e. The monoisotopic (exact) mass is 324 g/mol. The molecule has 4 aromatic rings. The average Bonchev–Trinajstić information content (AvgIpc) is 3.30. The SMILES string of the molecule is C1=C(c2cccs2)Cc2cccc(-c3cccc4ccccc34)c21. The van der Waals surface area contributed by atoms with E-state index in [1.54, 1.807) is 0 Å². The summed E-state index contributed by atoms with van der Waals surface area (Å²) in [7, 11) is 0. The van der Waals surface area contributed by atoms with E-state index in [0.29, 0.717) is 0 Å². The van der Waals surface area contributed by atoms with Crippen molar-refractivity contribution < 1.29 is 0 Å². The first-order valence-corrected chi connectivity index (χ1v) is 9.12. The highest BCUT2D eigenvalue weighted by Gasteiger charge is 2.18. The highest BCUT2D eigenvalue weighted by molar-refractivity contribution is 7.11. The molecule has 0 unspecified atom stereocenters. The normalized spacial score (nSPS) is 13.1. The summed E-state index contributed by atoms with van der Waals surface area (Å²) in [5, 5.41) is 4.78. The van der Waals surface area contributed by atoms with Crippen molar-refractivity contribution in [3.05, 3.63) is 94.2 Å². The molecule has 24 heavy (non-hydrogen) atoms. The van der Waals surface area contributed by atoms with Gasteiger partial charge >= 0.3 is 0 Å². The van der Waals surface area contributed by atoms with Crippen LogP contribution in [0.4, 0.5) is 0 Å². The van der Waals surface area contributed by atoms with E-state index in [4.69, 9.17) is 0 Å². The molecule has 1 aliphatic carbocycles. The van der Waals surface area contributed by atoms with Crippen molar-refractivity contribution in [3.8, 4) is 11.1 Å². The molecular formula is C23H16S. The van der Waals surface area contributed by atoms with Gasteiger partial charge in [-0.1, -0.05) is 66.7 Å². The summed E-state index contributed by atoms with van der Waals surface area (Å²) < 4.78 is 0. The van der Waals surface area contributed by atoms with Crippen LogP contribution in [0.25, 0.3) is 33.5 Å². The van der Waals surface area contributed by atoms with Crippen LogP contribution in [0.3, 0.4) is 0 Å². The third kappa shape index (κ3) is 2.13. The molecule has 1 aromatic heterocycles. The first kappa shape index (κ1) is 13.8. The highest BCUT2D eigenvalue weighted by atomic mass is 32.1. The zero-order chi connectivity index (χ0) is 15.9. The molecule has 3 aromatic carbocycles. The van der Waals surface area contributed by atoms with Crippen molar-refractivity contribution in [1.82, 2.24) is 0 Å². The van der Waals surface area contributed by atoms with Gasteiger partial charge in [-0.05, 0) is 62.5 Å². The topological polar surface area (TPSA) is 0 Å². The minimum Gasteiger partial charge on any atom is -0.144 e. The standard InChI is InChI=1S/C23H16S/c1-2-9-19-16(6-1)7-3-10-20(19)21-11-4-8-17-14-18(15-22(17)21)23-12-5-13-24-23/h1-13,15H,14H2. The maximum atomic E-state index is 2.39. The van der Waals surface area contributed by atoms with Gasteiger partial charge in [-0.3, -0.25) is 0 Å². The first-order valence-electron chi connectivity index (χ1n) is 8.25. The Balaban J connectivity index is 1.73. The summed E-state index contributed by atoms with van der Waals surface area (Å²) >= 11 is 1.83. The molecule has 0 aliphatic heterocycles. The lowest BCUT2D eigenvalue weighted by Crippen LogP contribution is -1.88. The van der Waals surface area contributed by atoms with Crippen LogP contribution >= 0.6 is 11.3 Å². The van der Waals surface area contributed by atoms with E-state index in [9.17, 15) is 0 Å². The highest BCUT2D eigenvalue weighted by Crippen LogP contribution is 2.40. The Kier molecular flexibility index (Phi) is 3.14. The number of rotatable bonds is 2. The van der Waals surface area contributed by atoms with Crippen molar-refractivity contribution in [1.29, 1.82) is 0 Å². The van der Waals surface area contributed by atoms with Crippen molar-refractivity contribution >= 4 is 33.8 Å². The lowest BCUT2D eigenvalue weighted by Gasteiger charge is -2.11. The van der Waals surface area contributed by atoms with Gasteiger partial charge in [0.2, 0.25) is 0 Å². The molecule has 0 saturated carbocycles. The molecule has 0 atom stereocenters.